The van der Waals surface area contributed by atoms with E-state index < -0.39 is 12.0 Å². The van der Waals surface area contributed by atoms with Crippen molar-refractivity contribution in [1.29, 1.82) is 0 Å². The summed E-state index contributed by atoms with van der Waals surface area (Å²) in [4.78, 5) is 32.9. The molecule has 1 unspecified atom stereocenters. The molecule has 0 saturated carbocycles. The topological polar surface area (TPSA) is 60.7 Å². The predicted octanol–water partition coefficient (Wildman–Crippen LogP) is 4.71. The fraction of sp³-hybridized carbons (Fsp3) is 0.107. The number of carbonyl (C=O) groups excluding carboxylic acids is 1. The Morgan fingerprint density at radius 3 is 2.51 bits per heavy atom. The van der Waals surface area contributed by atoms with Crippen molar-refractivity contribution >= 4 is 40.8 Å². The van der Waals surface area contributed by atoms with Gasteiger partial charge in [-0.25, -0.2) is 9.79 Å². The summed E-state index contributed by atoms with van der Waals surface area (Å²) in [5.74, 6) is -0.466. The molecule has 7 heteroatoms. The fourth-order valence-electron chi connectivity index (χ4n) is 3.92. The number of fused-ring (bicyclic) bond motifs is 1. The van der Waals surface area contributed by atoms with Gasteiger partial charge in [0, 0.05) is 4.88 Å². The second kappa shape index (κ2) is 10.2. The minimum Gasteiger partial charge on any atom is -0.457 e. The van der Waals surface area contributed by atoms with Gasteiger partial charge in [0.2, 0.25) is 0 Å². The summed E-state index contributed by atoms with van der Waals surface area (Å²) in [5.41, 5.74) is 2.73. The van der Waals surface area contributed by atoms with Crippen molar-refractivity contribution in [3.8, 4) is 0 Å². The van der Waals surface area contributed by atoms with Crippen LogP contribution in [0.25, 0.3) is 12.2 Å². The van der Waals surface area contributed by atoms with Crippen LogP contribution in [0.1, 0.15) is 29.0 Å². The zero-order chi connectivity index (χ0) is 24.2. The summed E-state index contributed by atoms with van der Waals surface area (Å²) in [6, 6.07) is 22.7. The maximum Gasteiger partial charge on any atom is 0.338 e. The van der Waals surface area contributed by atoms with Crippen molar-refractivity contribution in [2.75, 3.05) is 0 Å². The van der Waals surface area contributed by atoms with E-state index in [0.29, 0.717) is 20.6 Å². The lowest BCUT2D eigenvalue weighted by atomic mass is 10.0. The molecule has 3 heterocycles. The van der Waals surface area contributed by atoms with Crippen molar-refractivity contribution in [2.45, 2.75) is 19.6 Å². The zero-order valence-electron chi connectivity index (χ0n) is 19.0. The number of benzene rings is 2. The fourth-order valence-corrected chi connectivity index (χ4v) is 5.75. The number of aromatic nitrogens is 1. The van der Waals surface area contributed by atoms with Gasteiger partial charge in [-0.2, -0.15) is 0 Å². The molecule has 0 aliphatic carbocycles. The molecule has 35 heavy (non-hydrogen) atoms. The summed E-state index contributed by atoms with van der Waals surface area (Å²) in [6.07, 6.45) is 5.62. The number of thiophene rings is 1. The van der Waals surface area contributed by atoms with Crippen molar-refractivity contribution in [3.63, 3.8) is 0 Å². The highest BCUT2D eigenvalue weighted by molar-refractivity contribution is 7.10. The van der Waals surface area contributed by atoms with Crippen molar-refractivity contribution in [1.82, 2.24) is 4.57 Å². The molecule has 0 radical (unpaired) electrons. The monoisotopic (exact) mass is 498 g/mol. The highest BCUT2D eigenvalue weighted by Gasteiger charge is 2.34. The van der Waals surface area contributed by atoms with Gasteiger partial charge in [-0.05, 0) is 35.6 Å². The standard InChI is InChI=1S/C28H22N2O3S2/c1-19-24(27(32)33-18-21-12-6-3-7-13-21)25(22-16-9-17-34-22)30-26(31)23(35-28(30)29-19)15-8-14-20-10-4-2-5-11-20/h2-17,25H,18H2,1H3/b14-8-,23-15?. The van der Waals surface area contributed by atoms with Gasteiger partial charge in [0.25, 0.3) is 5.56 Å². The van der Waals surface area contributed by atoms with Gasteiger partial charge in [-0.15, -0.1) is 11.3 Å². The molecule has 5 rings (SSSR count). The van der Waals surface area contributed by atoms with Crippen LogP contribution in [0.5, 0.6) is 0 Å². The third-order valence-corrected chi connectivity index (χ3v) is 7.53. The third kappa shape index (κ3) is 4.87. The van der Waals surface area contributed by atoms with Gasteiger partial charge in [0.1, 0.15) is 12.6 Å². The zero-order valence-corrected chi connectivity index (χ0v) is 20.6. The molecule has 1 aliphatic rings. The Balaban J connectivity index is 1.52. The number of rotatable bonds is 6. The molecule has 0 saturated heterocycles. The Kier molecular flexibility index (Phi) is 6.70. The van der Waals surface area contributed by atoms with Crippen molar-refractivity contribution in [3.05, 3.63) is 131 Å². The van der Waals surface area contributed by atoms with Gasteiger partial charge in [-0.1, -0.05) is 90.2 Å². The van der Waals surface area contributed by atoms with Gasteiger partial charge in [0.15, 0.2) is 4.80 Å². The van der Waals surface area contributed by atoms with E-state index in [9.17, 15) is 9.59 Å². The summed E-state index contributed by atoms with van der Waals surface area (Å²) >= 11 is 2.82. The summed E-state index contributed by atoms with van der Waals surface area (Å²) in [6.45, 7) is 1.95. The number of ether oxygens (including phenoxy) is 1. The number of carbonyl (C=O) groups is 1. The Labute approximate surface area is 210 Å². The van der Waals surface area contributed by atoms with Gasteiger partial charge in [-0.3, -0.25) is 9.36 Å². The predicted molar refractivity (Wildman–Crippen MR) is 141 cm³/mol. The van der Waals surface area contributed by atoms with Gasteiger partial charge >= 0.3 is 5.97 Å². The first kappa shape index (κ1) is 23.0. The second-order valence-electron chi connectivity index (χ2n) is 7.95. The third-order valence-electron chi connectivity index (χ3n) is 5.60. The molecule has 2 aromatic carbocycles. The molecule has 4 aromatic rings. The Morgan fingerprint density at radius 1 is 1.06 bits per heavy atom. The van der Waals surface area contributed by atoms with Crippen LogP contribution in [0.4, 0.5) is 0 Å². The molecule has 174 valence electrons. The van der Waals surface area contributed by atoms with Crippen LogP contribution >= 0.6 is 22.7 Å². The Hall–Kier alpha value is -3.81. The quantitative estimate of drug-likeness (QED) is 0.362. The van der Waals surface area contributed by atoms with E-state index in [1.54, 1.807) is 17.6 Å². The van der Waals surface area contributed by atoms with E-state index >= 15 is 0 Å². The second-order valence-corrected chi connectivity index (χ2v) is 9.94. The average Bonchev–Trinajstić information content (AvgIpc) is 3.52. The molecular weight excluding hydrogens is 476 g/mol. The molecule has 0 fully saturated rings. The molecular formula is C28H22N2O3S2. The molecule has 0 spiro atoms. The number of hydrogen-bond acceptors (Lipinski definition) is 6. The lowest BCUT2D eigenvalue weighted by Gasteiger charge is -2.23. The molecule has 0 amide bonds. The molecule has 1 aliphatic heterocycles. The van der Waals surface area contributed by atoms with Crippen LogP contribution in [0.15, 0.2) is 105 Å². The number of hydrogen-bond donors (Lipinski definition) is 0. The largest absolute Gasteiger partial charge is 0.457 e. The van der Waals surface area contributed by atoms with E-state index in [0.717, 1.165) is 16.0 Å². The lowest BCUT2D eigenvalue weighted by Crippen LogP contribution is -2.39. The molecule has 0 N–H and O–H groups in total. The lowest BCUT2D eigenvalue weighted by molar-refractivity contribution is -0.140. The number of nitrogens with zero attached hydrogens (tertiary/aromatic N) is 2. The SMILES string of the molecule is CC1=C(C(=O)OCc2ccccc2)C(c2cccs2)n2c(sc(=C/C=C\c3ccccc3)c2=O)=N1. The van der Waals surface area contributed by atoms with E-state index in [2.05, 4.69) is 4.99 Å². The van der Waals surface area contributed by atoms with Crippen LogP contribution in [0.3, 0.4) is 0 Å². The first-order valence-electron chi connectivity index (χ1n) is 11.1. The smallest absolute Gasteiger partial charge is 0.338 e. The Morgan fingerprint density at radius 2 is 1.80 bits per heavy atom. The first-order chi connectivity index (χ1) is 17.1. The Bertz CT molecular complexity index is 1580. The maximum absolute atomic E-state index is 13.5. The highest BCUT2D eigenvalue weighted by atomic mass is 32.1. The van der Waals surface area contributed by atoms with Crippen molar-refractivity contribution < 1.29 is 9.53 Å². The molecule has 2 aromatic heterocycles. The number of thiazole rings is 1. The number of allylic oxidation sites excluding steroid dienone is 2. The minimum absolute atomic E-state index is 0.155. The average molecular weight is 499 g/mol. The van der Waals surface area contributed by atoms with Crippen LogP contribution < -0.4 is 14.9 Å². The number of esters is 1. The molecule has 5 nitrogen and oxygen atoms in total. The van der Waals surface area contributed by atoms with Gasteiger partial charge < -0.3 is 4.74 Å². The van der Waals surface area contributed by atoms with Crippen LogP contribution in [-0.4, -0.2) is 10.5 Å². The van der Waals surface area contributed by atoms with E-state index in [1.165, 1.54) is 22.7 Å². The first-order valence-corrected chi connectivity index (χ1v) is 12.8. The van der Waals surface area contributed by atoms with Crippen LogP contribution in [0, 0.1) is 0 Å². The summed E-state index contributed by atoms with van der Waals surface area (Å²) in [7, 11) is 0. The minimum atomic E-state index is -0.574. The molecule has 1 atom stereocenters. The highest BCUT2D eigenvalue weighted by Crippen LogP contribution is 2.33. The normalized spacial score (nSPS) is 15.8. The van der Waals surface area contributed by atoms with E-state index in [1.807, 2.05) is 90.3 Å². The van der Waals surface area contributed by atoms with E-state index in [-0.39, 0.29) is 12.2 Å². The maximum atomic E-state index is 13.5. The van der Waals surface area contributed by atoms with Crippen LogP contribution in [-0.2, 0) is 16.1 Å². The summed E-state index contributed by atoms with van der Waals surface area (Å²) in [5, 5.41) is 1.94. The summed E-state index contributed by atoms with van der Waals surface area (Å²) < 4.78 is 7.83. The van der Waals surface area contributed by atoms with Crippen molar-refractivity contribution in [2.24, 2.45) is 4.99 Å². The van der Waals surface area contributed by atoms with E-state index in [4.69, 9.17) is 4.74 Å². The van der Waals surface area contributed by atoms with Gasteiger partial charge in [0.05, 0.1) is 15.8 Å². The molecule has 0 bridgehead atoms. The van der Waals surface area contributed by atoms with Crippen LogP contribution in [0.2, 0.25) is 0 Å².